The molecule has 0 fully saturated rings. The van der Waals surface area contributed by atoms with E-state index >= 15 is 0 Å². The van der Waals surface area contributed by atoms with Crippen LogP contribution in [0.3, 0.4) is 0 Å². The normalized spacial score (nSPS) is 16.2. The van der Waals surface area contributed by atoms with Crippen LogP contribution >= 0.6 is 11.6 Å². The van der Waals surface area contributed by atoms with Crippen LogP contribution in [0.4, 0.5) is 5.69 Å². The van der Waals surface area contributed by atoms with Crippen LogP contribution in [0.1, 0.15) is 11.1 Å². The minimum absolute atomic E-state index is 0.0659. The van der Waals surface area contributed by atoms with Gasteiger partial charge in [-0.3, -0.25) is 4.79 Å². The number of benzene rings is 2. The summed E-state index contributed by atoms with van der Waals surface area (Å²) in [6.45, 7) is 2.30. The Labute approximate surface area is 140 Å². The Bertz CT molecular complexity index is 745. The van der Waals surface area contributed by atoms with E-state index in [1.807, 2.05) is 31.2 Å². The van der Waals surface area contributed by atoms with Crippen LogP contribution in [0.15, 0.2) is 36.4 Å². The van der Waals surface area contributed by atoms with Crippen LogP contribution in [0.5, 0.6) is 11.5 Å². The number of carbonyl (C=O) groups is 1. The Balaban J connectivity index is 1.75. The molecule has 5 heteroatoms. The second-order valence-corrected chi connectivity index (χ2v) is 6.07. The lowest BCUT2D eigenvalue weighted by Gasteiger charge is -2.25. The summed E-state index contributed by atoms with van der Waals surface area (Å²) >= 11 is 6.00. The molecular weight excluding hydrogens is 314 g/mol. The summed E-state index contributed by atoms with van der Waals surface area (Å²) in [4.78, 5) is 12.5. The molecule has 0 spiro atoms. The zero-order chi connectivity index (χ0) is 16.4. The first-order valence-electron chi connectivity index (χ1n) is 7.43. The maximum Gasteiger partial charge on any atom is 0.231 e. The Morgan fingerprint density at radius 3 is 2.91 bits per heavy atom. The molecule has 2 aromatic carbocycles. The standard InChI is InChI=1S/C18H18ClNO3/c1-11-3-4-14(19)9-16(11)20-18(21)13-7-12-8-15(22-2)5-6-17(12)23-10-13/h3-6,8-9,13H,7,10H2,1-2H3,(H,20,21)/t13-/m1/s1. The van der Waals surface area contributed by atoms with Gasteiger partial charge in [-0.1, -0.05) is 17.7 Å². The molecule has 0 aromatic heterocycles. The number of fused-ring (bicyclic) bond motifs is 1. The van der Waals surface area contributed by atoms with Crippen molar-refractivity contribution in [3.63, 3.8) is 0 Å². The Kier molecular flexibility index (Phi) is 4.44. The fourth-order valence-electron chi connectivity index (χ4n) is 2.63. The number of anilines is 1. The van der Waals surface area contributed by atoms with Crippen LogP contribution in [-0.4, -0.2) is 19.6 Å². The largest absolute Gasteiger partial charge is 0.497 e. The van der Waals surface area contributed by atoms with Gasteiger partial charge in [-0.2, -0.15) is 0 Å². The highest BCUT2D eigenvalue weighted by molar-refractivity contribution is 6.31. The van der Waals surface area contributed by atoms with Crippen molar-refractivity contribution in [2.75, 3.05) is 19.0 Å². The number of ether oxygens (including phenoxy) is 2. The number of hydrogen-bond acceptors (Lipinski definition) is 3. The van der Waals surface area contributed by atoms with Crippen LogP contribution in [-0.2, 0) is 11.2 Å². The number of amides is 1. The van der Waals surface area contributed by atoms with Crippen LogP contribution in [0.25, 0.3) is 0 Å². The monoisotopic (exact) mass is 331 g/mol. The lowest BCUT2D eigenvalue weighted by atomic mass is 9.95. The first-order valence-corrected chi connectivity index (χ1v) is 7.81. The molecule has 3 rings (SSSR count). The fourth-order valence-corrected chi connectivity index (χ4v) is 2.80. The molecular formula is C18H18ClNO3. The van der Waals surface area contributed by atoms with E-state index in [1.54, 1.807) is 19.2 Å². The first kappa shape index (κ1) is 15.7. The number of halogens is 1. The summed E-state index contributed by atoms with van der Waals surface area (Å²) in [7, 11) is 1.62. The van der Waals surface area contributed by atoms with E-state index in [0.717, 1.165) is 28.3 Å². The molecule has 120 valence electrons. The van der Waals surface area contributed by atoms with E-state index in [1.165, 1.54) is 0 Å². The van der Waals surface area contributed by atoms with Crippen molar-refractivity contribution in [2.24, 2.45) is 5.92 Å². The second kappa shape index (κ2) is 6.50. The van der Waals surface area contributed by atoms with E-state index in [9.17, 15) is 4.79 Å². The van der Waals surface area contributed by atoms with E-state index < -0.39 is 0 Å². The summed E-state index contributed by atoms with van der Waals surface area (Å²) in [6.07, 6.45) is 0.623. The third-order valence-electron chi connectivity index (χ3n) is 4.00. The molecule has 1 amide bonds. The van der Waals surface area contributed by atoms with Crippen molar-refractivity contribution >= 4 is 23.2 Å². The second-order valence-electron chi connectivity index (χ2n) is 5.63. The molecule has 1 heterocycles. The molecule has 1 N–H and O–H groups in total. The zero-order valence-electron chi connectivity index (χ0n) is 13.1. The molecule has 4 nitrogen and oxygen atoms in total. The van der Waals surface area contributed by atoms with E-state index in [-0.39, 0.29) is 11.8 Å². The van der Waals surface area contributed by atoms with Gasteiger partial charge in [0.15, 0.2) is 0 Å². The molecule has 2 aromatic rings. The van der Waals surface area contributed by atoms with E-state index in [4.69, 9.17) is 21.1 Å². The molecule has 0 radical (unpaired) electrons. The molecule has 0 aliphatic carbocycles. The maximum absolute atomic E-state index is 12.5. The van der Waals surface area contributed by atoms with Gasteiger partial charge in [-0.05, 0) is 54.8 Å². The van der Waals surface area contributed by atoms with Crippen molar-refractivity contribution in [1.29, 1.82) is 0 Å². The van der Waals surface area contributed by atoms with Crippen molar-refractivity contribution in [2.45, 2.75) is 13.3 Å². The van der Waals surface area contributed by atoms with Gasteiger partial charge >= 0.3 is 0 Å². The van der Waals surface area contributed by atoms with Gasteiger partial charge in [-0.25, -0.2) is 0 Å². The van der Waals surface area contributed by atoms with Gasteiger partial charge in [0.1, 0.15) is 18.1 Å². The number of nitrogens with one attached hydrogen (secondary N) is 1. The van der Waals surface area contributed by atoms with Crippen LogP contribution in [0.2, 0.25) is 5.02 Å². The minimum atomic E-state index is -0.243. The number of hydrogen-bond donors (Lipinski definition) is 1. The highest BCUT2D eigenvalue weighted by Crippen LogP contribution is 2.31. The van der Waals surface area contributed by atoms with Gasteiger partial charge < -0.3 is 14.8 Å². The summed E-state index contributed by atoms with van der Waals surface area (Å²) in [5.74, 6) is 1.27. The lowest BCUT2D eigenvalue weighted by molar-refractivity contribution is -0.121. The Morgan fingerprint density at radius 2 is 2.13 bits per heavy atom. The van der Waals surface area contributed by atoms with Gasteiger partial charge in [-0.15, -0.1) is 0 Å². The van der Waals surface area contributed by atoms with Crippen molar-refractivity contribution in [1.82, 2.24) is 0 Å². The topological polar surface area (TPSA) is 47.6 Å². The SMILES string of the molecule is COc1ccc2c(c1)C[C@@H](C(=O)Nc1cc(Cl)ccc1C)CO2. The molecule has 23 heavy (non-hydrogen) atoms. The maximum atomic E-state index is 12.5. The molecule has 1 atom stereocenters. The van der Waals surface area contributed by atoms with Crippen LogP contribution < -0.4 is 14.8 Å². The number of aryl methyl sites for hydroxylation is 1. The highest BCUT2D eigenvalue weighted by atomic mass is 35.5. The molecule has 0 unspecified atom stereocenters. The smallest absolute Gasteiger partial charge is 0.231 e. The molecule has 0 saturated carbocycles. The van der Waals surface area contributed by atoms with E-state index in [2.05, 4.69) is 5.32 Å². The van der Waals surface area contributed by atoms with E-state index in [0.29, 0.717) is 18.1 Å². The molecule has 1 aliphatic heterocycles. The van der Waals surface area contributed by atoms with Crippen molar-refractivity contribution < 1.29 is 14.3 Å². The number of rotatable bonds is 3. The zero-order valence-corrected chi connectivity index (χ0v) is 13.8. The minimum Gasteiger partial charge on any atom is -0.497 e. The summed E-state index contributed by atoms with van der Waals surface area (Å²) in [6, 6.07) is 11.1. The number of carbonyl (C=O) groups excluding carboxylic acids is 1. The summed E-state index contributed by atoms with van der Waals surface area (Å²) < 4.78 is 10.9. The first-order chi connectivity index (χ1) is 11.1. The Hall–Kier alpha value is -2.20. The van der Waals surface area contributed by atoms with Crippen molar-refractivity contribution in [3.8, 4) is 11.5 Å². The predicted molar refractivity (Wildman–Crippen MR) is 90.5 cm³/mol. The van der Waals surface area contributed by atoms with Crippen molar-refractivity contribution in [3.05, 3.63) is 52.5 Å². The number of methoxy groups -OCH3 is 1. The third-order valence-corrected chi connectivity index (χ3v) is 4.24. The fraction of sp³-hybridized carbons (Fsp3) is 0.278. The van der Waals surface area contributed by atoms with Crippen LogP contribution in [0, 0.1) is 12.8 Å². The third kappa shape index (κ3) is 3.42. The highest BCUT2D eigenvalue weighted by Gasteiger charge is 2.26. The van der Waals surface area contributed by atoms with Gasteiger partial charge in [0.05, 0.1) is 13.0 Å². The summed E-state index contributed by atoms with van der Waals surface area (Å²) in [5.41, 5.74) is 2.69. The molecule has 1 aliphatic rings. The molecule has 0 bridgehead atoms. The quantitative estimate of drug-likeness (QED) is 0.929. The van der Waals surface area contributed by atoms with Gasteiger partial charge in [0, 0.05) is 10.7 Å². The van der Waals surface area contributed by atoms with Gasteiger partial charge in [0.25, 0.3) is 0 Å². The Morgan fingerprint density at radius 1 is 1.30 bits per heavy atom. The predicted octanol–water partition coefficient (Wildman–Crippen LogP) is 3.85. The molecule has 0 saturated heterocycles. The lowest BCUT2D eigenvalue weighted by Crippen LogP contribution is -2.32. The average Bonchev–Trinajstić information content (AvgIpc) is 2.57. The average molecular weight is 332 g/mol. The summed E-state index contributed by atoms with van der Waals surface area (Å²) in [5, 5.41) is 3.54. The van der Waals surface area contributed by atoms with Gasteiger partial charge in [0.2, 0.25) is 5.91 Å².